The van der Waals surface area contributed by atoms with E-state index in [0.29, 0.717) is 6.42 Å². The number of halogens is 1. The van der Waals surface area contributed by atoms with Gasteiger partial charge in [-0.05, 0) is 31.0 Å². The number of aromatic nitrogens is 1. The lowest BCUT2D eigenvalue weighted by Gasteiger charge is -2.28. The predicted molar refractivity (Wildman–Crippen MR) is 92.3 cm³/mol. The highest BCUT2D eigenvalue weighted by Gasteiger charge is 2.37. The second-order valence-electron chi connectivity index (χ2n) is 6.04. The molecule has 0 bridgehead atoms. The van der Waals surface area contributed by atoms with E-state index in [9.17, 15) is 14.3 Å². The highest BCUT2D eigenvalue weighted by Crippen LogP contribution is 2.27. The van der Waals surface area contributed by atoms with Crippen LogP contribution in [-0.2, 0) is 21.6 Å². The number of benzene rings is 1. The van der Waals surface area contributed by atoms with Gasteiger partial charge in [0.2, 0.25) is 0 Å². The zero-order chi connectivity index (χ0) is 18.3. The molecule has 0 saturated heterocycles. The van der Waals surface area contributed by atoms with Gasteiger partial charge in [-0.15, -0.1) is 0 Å². The Kier molecular flexibility index (Phi) is 6.61. The molecule has 6 heteroatoms. The Bertz CT molecular complexity index is 696. The van der Waals surface area contributed by atoms with Gasteiger partial charge in [0.25, 0.3) is 5.91 Å². The highest BCUT2D eigenvalue weighted by molar-refractivity contribution is 5.86. The van der Waals surface area contributed by atoms with Gasteiger partial charge in [-0.1, -0.05) is 24.3 Å². The van der Waals surface area contributed by atoms with E-state index in [-0.39, 0.29) is 24.6 Å². The molecule has 1 aromatic heterocycles. The molecule has 0 fully saturated rings. The van der Waals surface area contributed by atoms with Crippen LogP contribution < -0.4 is 5.32 Å². The van der Waals surface area contributed by atoms with Gasteiger partial charge in [-0.3, -0.25) is 9.78 Å². The van der Waals surface area contributed by atoms with E-state index in [1.807, 2.05) is 12.1 Å². The second kappa shape index (κ2) is 8.69. The minimum atomic E-state index is -1.44. The number of methoxy groups -OCH3 is 1. The molecule has 0 spiro atoms. The van der Waals surface area contributed by atoms with Gasteiger partial charge in [0.15, 0.2) is 5.60 Å². The van der Waals surface area contributed by atoms with Crippen LogP contribution in [0.5, 0.6) is 0 Å². The number of ether oxygens (including phenoxy) is 1. The minimum absolute atomic E-state index is 0.0848. The third kappa shape index (κ3) is 4.61. The molecule has 1 heterocycles. The van der Waals surface area contributed by atoms with Gasteiger partial charge in [0.1, 0.15) is 5.82 Å². The first kappa shape index (κ1) is 19.0. The normalized spacial score (nSPS) is 14.6. The molecule has 25 heavy (non-hydrogen) atoms. The molecular weight excluding hydrogens is 323 g/mol. The predicted octanol–water partition coefficient (Wildman–Crippen LogP) is 2.05. The summed E-state index contributed by atoms with van der Waals surface area (Å²) >= 11 is 0. The number of pyridine rings is 1. The summed E-state index contributed by atoms with van der Waals surface area (Å²) in [6, 6.07) is 9.76. The number of aliphatic hydroxyl groups excluding tert-OH is 1. The molecule has 0 saturated carbocycles. The van der Waals surface area contributed by atoms with Gasteiger partial charge in [-0.25, -0.2) is 4.39 Å². The van der Waals surface area contributed by atoms with Crippen molar-refractivity contribution in [2.24, 2.45) is 5.92 Å². The first-order valence-corrected chi connectivity index (χ1v) is 8.09. The summed E-state index contributed by atoms with van der Waals surface area (Å²) in [6.07, 6.45) is 3.98. The van der Waals surface area contributed by atoms with Crippen LogP contribution in [0.3, 0.4) is 0 Å². The van der Waals surface area contributed by atoms with Crippen molar-refractivity contribution < 1.29 is 19.0 Å². The molecule has 2 N–H and O–H groups in total. The Morgan fingerprint density at radius 1 is 1.36 bits per heavy atom. The number of carbonyl (C=O) groups excluding carboxylic acids is 1. The summed E-state index contributed by atoms with van der Waals surface area (Å²) < 4.78 is 19.4. The maximum absolute atomic E-state index is 14.1. The molecule has 2 rings (SSSR count). The first-order valence-electron chi connectivity index (χ1n) is 8.09. The van der Waals surface area contributed by atoms with Gasteiger partial charge in [0.05, 0.1) is 0 Å². The van der Waals surface area contributed by atoms with E-state index in [1.165, 1.54) is 26.2 Å². The summed E-state index contributed by atoms with van der Waals surface area (Å²) in [5.41, 5.74) is -0.304. The average Bonchev–Trinajstić information content (AvgIpc) is 2.65. The van der Waals surface area contributed by atoms with Crippen LogP contribution in [0.4, 0.5) is 4.39 Å². The van der Waals surface area contributed by atoms with Gasteiger partial charge in [-0.2, -0.15) is 0 Å². The van der Waals surface area contributed by atoms with Gasteiger partial charge in [0, 0.05) is 44.1 Å². The molecule has 0 unspecified atom stereocenters. The number of hydrogen-bond acceptors (Lipinski definition) is 4. The van der Waals surface area contributed by atoms with Crippen LogP contribution in [0.25, 0.3) is 0 Å². The number of carbonyl (C=O) groups is 1. The van der Waals surface area contributed by atoms with Crippen LogP contribution in [0, 0.1) is 11.7 Å². The third-order valence-electron chi connectivity index (χ3n) is 4.29. The summed E-state index contributed by atoms with van der Waals surface area (Å²) in [6.45, 7) is 1.69. The number of hydrogen-bond donors (Lipinski definition) is 2. The van der Waals surface area contributed by atoms with Crippen LogP contribution in [0.15, 0.2) is 48.8 Å². The molecule has 1 amide bonds. The monoisotopic (exact) mass is 346 g/mol. The first-order chi connectivity index (χ1) is 12.0. The molecule has 2 aromatic rings. The van der Waals surface area contributed by atoms with Gasteiger partial charge < -0.3 is 15.2 Å². The zero-order valence-corrected chi connectivity index (χ0v) is 14.4. The maximum Gasteiger partial charge on any atom is 0.256 e. The van der Waals surface area contributed by atoms with E-state index < -0.39 is 17.3 Å². The lowest BCUT2D eigenvalue weighted by Crippen LogP contribution is -2.46. The van der Waals surface area contributed by atoms with Crippen LogP contribution in [0.1, 0.15) is 18.1 Å². The minimum Gasteiger partial charge on any atom is -0.396 e. The fourth-order valence-corrected chi connectivity index (χ4v) is 2.63. The largest absolute Gasteiger partial charge is 0.396 e. The summed E-state index contributed by atoms with van der Waals surface area (Å²) in [7, 11) is 1.37. The van der Waals surface area contributed by atoms with E-state index >= 15 is 0 Å². The van der Waals surface area contributed by atoms with E-state index in [4.69, 9.17) is 4.74 Å². The Morgan fingerprint density at radius 3 is 2.72 bits per heavy atom. The molecular formula is C19H23FN2O3. The number of nitrogens with zero attached hydrogens (tertiary/aromatic N) is 1. The van der Waals surface area contributed by atoms with Crippen LogP contribution >= 0.6 is 0 Å². The highest BCUT2D eigenvalue weighted by atomic mass is 19.1. The summed E-state index contributed by atoms with van der Waals surface area (Å²) in [5.74, 6) is -1.13. The Labute approximate surface area is 146 Å². The van der Waals surface area contributed by atoms with Crippen molar-refractivity contribution in [3.8, 4) is 0 Å². The number of amides is 1. The molecule has 2 atom stereocenters. The quantitative estimate of drug-likeness (QED) is 0.767. The average molecular weight is 346 g/mol. The van der Waals surface area contributed by atoms with E-state index in [1.54, 1.807) is 24.5 Å². The van der Waals surface area contributed by atoms with Crippen molar-refractivity contribution in [2.45, 2.75) is 18.9 Å². The molecule has 0 aliphatic carbocycles. The van der Waals surface area contributed by atoms with Crippen molar-refractivity contribution in [3.05, 3.63) is 65.7 Å². The van der Waals surface area contributed by atoms with Gasteiger partial charge >= 0.3 is 0 Å². The Balaban J connectivity index is 2.05. The van der Waals surface area contributed by atoms with E-state index in [0.717, 1.165) is 5.56 Å². The molecule has 0 aliphatic heterocycles. The van der Waals surface area contributed by atoms with Crippen molar-refractivity contribution in [3.63, 3.8) is 0 Å². The van der Waals surface area contributed by atoms with E-state index in [2.05, 4.69) is 10.3 Å². The lowest BCUT2D eigenvalue weighted by molar-refractivity contribution is -0.143. The maximum atomic E-state index is 14.1. The lowest BCUT2D eigenvalue weighted by atomic mass is 9.93. The topological polar surface area (TPSA) is 71.5 Å². The SMILES string of the molecule is CO[C@](C)(C(=O)NC[C@H](CO)Cc1cccnc1)c1ccccc1F. The number of nitrogens with one attached hydrogen (secondary N) is 1. The third-order valence-corrected chi connectivity index (χ3v) is 4.29. The zero-order valence-electron chi connectivity index (χ0n) is 14.4. The molecule has 0 aliphatic rings. The summed E-state index contributed by atoms with van der Waals surface area (Å²) in [5, 5.41) is 12.3. The van der Waals surface area contributed by atoms with Crippen LogP contribution in [-0.4, -0.2) is 36.3 Å². The number of aliphatic hydroxyl groups is 1. The molecule has 0 radical (unpaired) electrons. The molecule has 134 valence electrons. The van der Waals surface area contributed by atoms with Crippen LogP contribution in [0.2, 0.25) is 0 Å². The smallest absolute Gasteiger partial charge is 0.256 e. The van der Waals surface area contributed by atoms with Crippen molar-refractivity contribution in [1.82, 2.24) is 10.3 Å². The molecule has 1 aromatic carbocycles. The number of rotatable bonds is 8. The Morgan fingerprint density at radius 2 is 2.12 bits per heavy atom. The van der Waals surface area contributed by atoms with Crippen molar-refractivity contribution in [1.29, 1.82) is 0 Å². The Hall–Kier alpha value is -2.31. The fraction of sp³-hybridized carbons (Fsp3) is 0.368. The second-order valence-corrected chi connectivity index (χ2v) is 6.04. The summed E-state index contributed by atoms with van der Waals surface area (Å²) in [4.78, 5) is 16.7. The van der Waals surface area contributed by atoms with Crippen molar-refractivity contribution in [2.75, 3.05) is 20.3 Å². The molecule has 5 nitrogen and oxygen atoms in total. The fourth-order valence-electron chi connectivity index (χ4n) is 2.63. The standard InChI is InChI=1S/C19H23FN2O3/c1-19(25-2,16-7-3-4-8-17(16)20)18(24)22-12-15(13-23)10-14-6-5-9-21-11-14/h3-9,11,15,23H,10,12-13H2,1-2H3,(H,22,24)/t15-,19+/m1/s1. The van der Waals surface area contributed by atoms with Crippen molar-refractivity contribution >= 4 is 5.91 Å².